The summed E-state index contributed by atoms with van der Waals surface area (Å²) in [5.74, 6) is 2.01. The van der Waals surface area contributed by atoms with Crippen molar-refractivity contribution in [2.75, 3.05) is 24.3 Å². The molecule has 0 atom stereocenters. The van der Waals surface area contributed by atoms with Gasteiger partial charge in [0, 0.05) is 24.2 Å². The molecule has 1 aromatic heterocycles. The van der Waals surface area contributed by atoms with Gasteiger partial charge in [0.25, 0.3) is 0 Å². The van der Waals surface area contributed by atoms with Crippen LogP contribution in [0.15, 0.2) is 6.07 Å². The molecular weight excluding hydrogens is 250 g/mol. The van der Waals surface area contributed by atoms with E-state index in [0.29, 0.717) is 23.9 Å². The Morgan fingerprint density at radius 3 is 2.83 bits per heavy atom. The fourth-order valence-electron chi connectivity index (χ4n) is 2.00. The molecule has 0 radical (unpaired) electrons. The van der Waals surface area contributed by atoms with Gasteiger partial charge in [0.1, 0.15) is 0 Å². The lowest BCUT2D eigenvalue weighted by molar-refractivity contribution is 0.326. The molecular formula is C13H20ClN3O. The maximum Gasteiger partial charge on any atom is 0.226 e. The quantitative estimate of drug-likeness (QED) is 0.773. The first-order valence-electron chi connectivity index (χ1n) is 6.46. The number of anilines is 1. The van der Waals surface area contributed by atoms with Gasteiger partial charge >= 0.3 is 0 Å². The van der Waals surface area contributed by atoms with Gasteiger partial charge in [-0.15, -0.1) is 11.6 Å². The third kappa shape index (κ3) is 3.48. The molecule has 4 nitrogen and oxygen atoms in total. The predicted octanol–water partition coefficient (Wildman–Crippen LogP) is 3.00. The molecule has 1 heterocycles. The lowest BCUT2D eigenvalue weighted by Crippen LogP contribution is -2.17. The highest BCUT2D eigenvalue weighted by Gasteiger charge is 2.41. The maximum absolute atomic E-state index is 5.82. The Morgan fingerprint density at radius 1 is 1.44 bits per heavy atom. The molecule has 0 saturated heterocycles. The van der Waals surface area contributed by atoms with E-state index < -0.39 is 0 Å². The van der Waals surface area contributed by atoms with Gasteiger partial charge in [-0.05, 0) is 38.5 Å². The Morgan fingerprint density at radius 2 is 2.22 bits per heavy atom. The van der Waals surface area contributed by atoms with E-state index in [2.05, 4.69) is 15.3 Å². The second-order valence-electron chi connectivity index (χ2n) is 4.90. The first kappa shape index (κ1) is 13.4. The zero-order valence-electron chi connectivity index (χ0n) is 11.0. The van der Waals surface area contributed by atoms with Crippen LogP contribution in [0.3, 0.4) is 0 Å². The first-order valence-corrected chi connectivity index (χ1v) is 6.99. The summed E-state index contributed by atoms with van der Waals surface area (Å²) in [7, 11) is 0. The van der Waals surface area contributed by atoms with Gasteiger partial charge in [-0.3, -0.25) is 0 Å². The molecule has 1 N–H and O–H groups in total. The van der Waals surface area contributed by atoms with Crippen molar-refractivity contribution in [2.45, 2.75) is 33.1 Å². The number of alkyl halides is 1. The molecule has 18 heavy (non-hydrogen) atoms. The van der Waals surface area contributed by atoms with Crippen LogP contribution >= 0.6 is 11.6 Å². The monoisotopic (exact) mass is 269 g/mol. The number of ether oxygens (including phenoxy) is 1. The van der Waals surface area contributed by atoms with E-state index in [0.717, 1.165) is 24.5 Å². The summed E-state index contributed by atoms with van der Waals surface area (Å²) in [6, 6.07) is 1.85. The van der Waals surface area contributed by atoms with Crippen LogP contribution in [0.2, 0.25) is 0 Å². The Kier molecular flexibility index (Phi) is 4.27. The Hall–Kier alpha value is -1.03. The molecule has 0 amide bonds. The van der Waals surface area contributed by atoms with Gasteiger partial charge in [0.15, 0.2) is 0 Å². The third-order valence-electron chi connectivity index (χ3n) is 3.33. The largest absolute Gasteiger partial charge is 0.478 e. The first-order chi connectivity index (χ1) is 8.67. The van der Waals surface area contributed by atoms with Gasteiger partial charge in [-0.2, -0.15) is 4.98 Å². The smallest absolute Gasteiger partial charge is 0.226 e. The highest BCUT2D eigenvalue weighted by Crippen LogP contribution is 2.48. The van der Waals surface area contributed by atoms with Gasteiger partial charge in [-0.25, -0.2) is 4.98 Å². The maximum atomic E-state index is 5.82. The average molecular weight is 270 g/mol. The summed E-state index contributed by atoms with van der Waals surface area (Å²) < 4.78 is 5.41. The predicted molar refractivity (Wildman–Crippen MR) is 73.4 cm³/mol. The summed E-state index contributed by atoms with van der Waals surface area (Å²) in [6.45, 7) is 5.41. The van der Waals surface area contributed by atoms with Gasteiger partial charge in [0.05, 0.1) is 6.61 Å². The van der Waals surface area contributed by atoms with Gasteiger partial charge < -0.3 is 10.1 Å². The number of hydrogen-bond donors (Lipinski definition) is 1. The van der Waals surface area contributed by atoms with Crippen molar-refractivity contribution in [3.63, 3.8) is 0 Å². The number of hydrogen-bond acceptors (Lipinski definition) is 4. The van der Waals surface area contributed by atoms with Gasteiger partial charge in [-0.1, -0.05) is 0 Å². The van der Waals surface area contributed by atoms with Crippen molar-refractivity contribution >= 4 is 17.5 Å². The standard InChI is InChI=1S/C13H20ClN3O/c1-3-18-11-8-10(2)16-12(17-11)15-9-13(4-5-13)6-7-14/h8H,3-7,9H2,1-2H3,(H,15,16,17). The van der Waals surface area contributed by atoms with Crippen molar-refractivity contribution in [3.05, 3.63) is 11.8 Å². The molecule has 1 fully saturated rings. The third-order valence-corrected chi connectivity index (χ3v) is 3.52. The summed E-state index contributed by atoms with van der Waals surface area (Å²) in [4.78, 5) is 8.71. The molecule has 1 aliphatic carbocycles. The highest BCUT2D eigenvalue weighted by molar-refractivity contribution is 6.17. The summed E-state index contributed by atoms with van der Waals surface area (Å²) in [5, 5.41) is 3.31. The number of halogens is 1. The average Bonchev–Trinajstić information content (AvgIpc) is 3.07. The van der Waals surface area contributed by atoms with E-state index in [-0.39, 0.29) is 0 Å². The minimum atomic E-state index is 0.376. The van der Waals surface area contributed by atoms with Crippen molar-refractivity contribution in [1.29, 1.82) is 0 Å². The lowest BCUT2D eigenvalue weighted by Gasteiger charge is -2.15. The van der Waals surface area contributed by atoms with Crippen molar-refractivity contribution in [1.82, 2.24) is 9.97 Å². The Labute approximate surface area is 113 Å². The van der Waals surface area contributed by atoms with Crippen LogP contribution < -0.4 is 10.1 Å². The van der Waals surface area contributed by atoms with E-state index in [1.165, 1.54) is 12.8 Å². The lowest BCUT2D eigenvalue weighted by atomic mass is 10.0. The van der Waals surface area contributed by atoms with Crippen LogP contribution in [0.4, 0.5) is 5.95 Å². The molecule has 1 saturated carbocycles. The molecule has 0 bridgehead atoms. The number of rotatable bonds is 7. The summed E-state index contributed by atoms with van der Waals surface area (Å²) >= 11 is 5.82. The van der Waals surface area contributed by atoms with Crippen molar-refractivity contribution in [2.24, 2.45) is 5.41 Å². The Balaban J connectivity index is 1.96. The van der Waals surface area contributed by atoms with Crippen LogP contribution in [0.1, 0.15) is 31.9 Å². The van der Waals surface area contributed by atoms with E-state index in [1.54, 1.807) is 0 Å². The topological polar surface area (TPSA) is 47.0 Å². The second-order valence-corrected chi connectivity index (χ2v) is 5.27. The minimum absolute atomic E-state index is 0.376. The van der Waals surface area contributed by atoms with Crippen LogP contribution in [0.25, 0.3) is 0 Å². The van der Waals surface area contributed by atoms with Crippen LogP contribution in [0.5, 0.6) is 5.88 Å². The normalized spacial score (nSPS) is 16.4. The van der Waals surface area contributed by atoms with Crippen LogP contribution in [-0.2, 0) is 0 Å². The number of aromatic nitrogens is 2. The van der Waals surface area contributed by atoms with Crippen molar-refractivity contribution < 1.29 is 4.74 Å². The molecule has 0 aromatic carbocycles. The van der Waals surface area contributed by atoms with E-state index in [1.807, 2.05) is 19.9 Å². The fourth-order valence-corrected chi connectivity index (χ4v) is 2.40. The molecule has 1 aliphatic rings. The SMILES string of the molecule is CCOc1cc(C)nc(NCC2(CCCl)CC2)n1. The van der Waals surface area contributed by atoms with Crippen LogP contribution in [-0.4, -0.2) is 29.0 Å². The molecule has 0 aliphatic heterocycles. The second kappa shape index (κ2) is 5.74. The molecule has 100 valence electrons. The van der Waals surface area contributed by atoms with E-state index in [9.17, 15) is 0 Å². The Bertz CT molecular complexity index is 407. The fraction of sp³-hybridized carbons (Fsp3) is 0.692. The van der Waals surface area contributed by atoms with Gasteiger partial charge in [0.2, 0.25) is 11.8 Å². The molecule has 1 aromatic rings. The van der Waals surface area contributed by atoms with Crippen molar-refractivity contribution in [3.8, 4) is 5.88 Å². The zero-order chi connectivity index (χ0) is 13.0. The molecule has 5 heteroatoms. The molecule has 2 rings (SSSR count). The number of nitrogens with one attached hydrogen (secondary N) is 1. The summed E-state index contributed by atoms with van der Waals surface area (Å²) in [5.41, 5.74) is 1.29. The highest BCUT2D eigenvalue weighted by atomic mass is 35.5. The molecule has 0 spiro atoms. The minimum Gasteiger partial charge on any atom is -0.478 e. The zero-order valence-corrected chi connectivity index (χ0v) is 11.8. The molecule has 0 unspecified atom stereocenters. The number of aryl methyl sites for hydroxylation is 1. The number of nitrogens with zero attached hydrogens (tertiary/aromatic N) is 2. The summed E-state index contributed by atoms with van der Waals surface area (Å²) in [6.07, 6.45) is 3.55. The van der Waals surface area contributed by atoms with E-state index in [4.69, 9.17) is 16.3 Å². The van der Waals surface area contributed by atoms with E-state index >= 15 is 0 Å². The van der Waals surface area contributed by atoms with Crippen LogP contribution in [0, 0.1) is 12.3 Å².